The van der Waals surface area contributed by atoms with E-state index < -0.39 is 0 Å². The number of rotatable bonds is 5. The smallest absolute Gasteiger partial charge is 0.306 e. The molecule has 0 bridgehead atoms. The lowest BCUT2D eigenvalue weighted by Gasteiger charge is -2.11. The predicted octanol–water partition coefficient (Wildman–Crippen LogP) is 3.82. The van der Waals surface area contributed by atoms with Crippen molar-refractivity contribution in [3.8, 4) is 0 Å². The molecular formula is C16H20BrNO3. The van der Waals surface area contributed by atoms with Gasteiger partial charge in [0.2, 0.25) is 0 Å². The van der Waals surface area contributed by atoms with Gasteiger partial charge in [-0.05, 0) is 49.4 Å². The van der Waals surface area contributed by atoms with Crippen LogP contribution in [-0.2, 0) is 14.3 Å². The third kappa shape index (κ3) is 5.16. The Morgan fingerprint density at radius 1 is 1.33 bits per heavy atom. The minimum absolute atomic E-state index is 0.221. The lowest BCUT2D eigenvalue weighted by Crippen LogP contribution is -2.22. The zero-order valence-corrected chi connectivity index (χ0v) is 13.7. The standard InChI is InChI=1S/C16H20BrNO3/c1-11-8-13(17)6-7-14(11)18-15(19)10-21-16(20)9-12-4-2-3-5-12/h6-8,12H,2-5,9-10H2,1H3,(H,18,19). The van der Waals surface area contributed by atoms with Crippen LogP contribution in [0.4, 0.5) is 5.69 Å². The maximum atomic E-state index is 11.8. The second-order valence-corrected chi connectivity index (χ2v) is 6.44. The number of ether oxygens (including phenoxy) is 1. The number of amides is 1. The molecule has 0 radical (unpaired) electrons. The molecule has 1 aliphatic rings. The Kier molecular flexibility index (Phi) is 5.79. The Balaban J connectivity index is 1.75. The monoisotopic (exact) mass is 353 g/mol. The van der Waals surface area contributed by atoms with Crippen LogP contribution < -0.4 is 5.32 Å². The van der Waals surface area contributed by atoms with E-state index in [0.717, 1.165) is 28.6 Å². The van der Waals surface area contributed by atoms with Crippen molar-refractivity contribution >= 4 is 33.5 Å². The van der Waals surface area contributed by atoms with E-state index in [1.54, 1.807) is 0 Å². The van der Waals surface area contributed by atoms with Gasteiger partial charge in [-0.15, -0.1) is 0 Å². The number of carbonyl (C=O) groups excluding carboxylic acids is 2. The quantitative estimate of drug-likeness (QED) is 0.818. The summed E-state index contributed by atoms with van der Waals surface area (Å²) in [5.41, 5.74) is 1.69. The lowest BCUT2D eigenvalue weighted by molar-refractivity contribution is -0.148. The van der Waals surface area contributed by atoms with Gasteiger partial charge in [-0.3, -0.25) is 9.59 Å². The van der Waals surface area contributed by atoms with E-state index >= 15 is 0 Å². The number of anilines is 1. The highest BCUT2D eigenvalue weighted by Crippen LogP contribution is 2.27. The summed E-state index contributed by atoms with van der Waals surface area (Å²) in [6.45, 7) is 1.69. The first-order chi connectivity index (χ1) is 10.0. The summed E-state index contributed by atoms with van der Waals surface area (Å²) in [7, 11) is 0. The van der Waals surface area contributed by atoms with Gasteiger partial charge in [0.25, 0.3) is 5.91 Å². The topological polar surface area (TPSA) is 55.4 Å². The molecule has 0 aliphatic heterocycles. The molecule has 0 unspecified atom stereocenters. The summed E-state index contributed by atoms with van der Waals surface area (Å²) < 4.78 is 6.00. The third-order valence-electron chi connectivity index (χ3n) is 3.76. The van der Waals surface area contributed by atoms with E-state index in [9.17, 15) is 9.59 Å². The Labute approximate surface area is 133 Å². The van der Waals surface area contributed by atoms with Gasteiger partial charge in [0.05, 0.1) is 0 Å². The summed E-state index contributed by atoms with van der Waals surface area (Å²) in [5, 5.41) is 2.75. The van der Waals surface area contributed by atoms with E-state index in [2.05, 4.69) is 21.2 Å². The van der Waals surface area contributed by atoms with Crippen molar-refractivity contribution in [3.63, 3.8) is 0 Å². The largest absolute Gasteiger partial charge is 0.456 e. The molecule has 4 nitrogen and oxygen atoms in total. The first-order valence-electron chi connectivity index (χ1n) is 7.26. The van der Waals surface area contributed by atoms with Gasteiger partial charge in [-0.25, -0.2) is 0 Å². The maximum absolute atomic E-state index is 11.8. The molecule has 1 aromatic carbocycles. The molecule has 0 aromatic heterocycles. The molecule has 1 saturated carbocycles. The van der Waals surface area contributed by atoms with Crippen LogP contribution in [0.15, 0.2) is 22.7 Å². The fourth-order valence-electron chi connectivity index (χ4n) is 2.61. The fraction of sp³-hybridized carbons (Fsp3) is 0.500. The van der Waals surface area contributed by atoms with Crippen molar-refractivity contribution in [2.45, 2.75) is 39.0 Å². The first kappa shape index (κ1) is 16.0. The number of aryl methyl sites for hydroxylation is 1. The molecule has 0 heterocycles. The molecule has 1 aromatic rings. The number of hydrogen-bond acceptors (Lipinski definition) is 3. The van der Waals surface area contributed by atoms with Crippen LogP contribution in [0.5, 0.6) is 0 Å². The van der Waals surface area contributed by atoms with E-state index in [1.165, 1.54) is 12.8 Å². The van der Waals surface area contributed by atoms with Gasteiger partial charge in [0, 0.05) is 16.6 Å². The number of halogens is 1. The third-order valence-corrected chi connectivity index (χ3v) is 4.25. The van der Waals surface area contributed by atoms with Crippen molar-refractivity contribution in [2.75, 3.05) is 11.9 Å². The van der Waals surface area contributed by atoms with Crippen molar-refractivity contribution in [2.24, 2.45) is 5.92 Å². The van der Waals surface area contributed by atoms with Gasteiger partial charge in [0.1, 0.15) is 0 Å². The van der Waals surface area contributed by atoms with E-state index in [0.29, 0.717) is 12.3 Å². The molecule has 1 N–H and O–H groups in total. The highest BCUT2D eigenvalue weighted by Gasteiger charge is 2.19. The number of benzene rings is 1. The molecule has 0 saturated heterocycles. The first-order valence-corrected chi connectivity index (χ1v) is 8.05. The van der Waals surface area contributed by atoms with Crippen LogP contribution in [0.3, 0.4) is 0 Å². The normalized spacial score (nSPS) is 15.0. The van der Waals surface area contributed by atoms with Crippen LogP contribution in [0.1, 0.15) is 37.7 Å². The predicted molar refractivity (Wildman–Crippen MR) is 85.0 cm³/mol. The Morgan fingerprint density at radius 2 is 2.05 bits per heavy atom. The van der Waals surface area contributed by atoms with E-state index in [-0.39, 0.29) is 18.5 Å². The molecule has 1 aliphatic carbocycles. The number of nitrogens with one attached hydrogen (secondary N) is 1. The lowest BCUT2D eigenvalue weighted by atomic mass is 10.1. The molecular weight excluding hydrogens is 334 g/mol. The number of carbonyl (C=O) groups is 2. The summed E-state index contributed by atoms with van der Waals surface area (Å²) >= 11 is 3.37. The van der Waals surface area contributed by atoms with Gasteiger partial charge in [0.15, 0.2) is 6.61 Å². The minimum Gasteiger partial charge on any atom is -0.456 e. The summed E-state index contributed by atoms with van der Waals surface area (Å²) in [4.78, 5) is 23.5. The van der Waals surface area contributed by atoms with Crippen LogP contribution in [-0.4, -0.2) is 18.5 Å². The van der Waals surface area contributed by atoms with Gasteiger partial charge in [-0.2, -0.15) is 0 Å². The van der Waals surface area contributed by atoms with Crippen molar-refractivity contribution < 1.29 is 14.3 Å². The van der Waals surface area contributed by atoms with Crippen LogP contribution in [0.25, 0.3) is 0 Å². The van der Waals surface area contributed by atoms with Crippen LogP contribution in [0.2, 0.25) is 0 Å². The fourth-order valence-corrected chi connectivity index (χ4v) is 3.08. The molecule has 0 spiro atoms. The van der Waals surface area contributed by atoms with Gasteiger partial charge >= 0.3 is 5.97 Å². The summed E-state index contributed by atoms with van der Waals surface area (Å²) in [5.74, 6) is -0.140. The zero-order chi connectivity index (χ0) is 15.2. The van der Waals surface area contributed by atoms with E-state index in [4.69, 9.17) is 4.74 Å². The average molecular weight is 354 g/mol. The Hall–Kier alpha value is -1.36. The SMILES string of the molecule is Cc1cc(Br)ccc1NC(=O)COC(=O)CC1CCCC1. The maximum Gasteiger partial charge on any atom is 0.306 e. The Bertz CT molecular complexity index is 524. The van der Waals surface area contributed by atoms with Crippen molar-refractivity contribution in [3.05, 3.63) is 28.2 Å². The van der Waals surface area contributed by atoms with Gasteiger partial charge in [-0.1, -0.05) is 28.8 Å². The van der Waals surface area contributed by atoms with Gasteiger partial charge < -0.3 is 10.1 Å². The minimum atomic E-state index is -0.305. The molecule has 21 heavy (non-hydrogen) atoms. The number of esters is 1. The summed E-state index contributed by atoms with van der Waals surface area (Å²) in [6.07, 6.45) is 5.02. The molecule has 2 rings (SSSR count). The Morgan fingerprint density at radius 3 is 2.71 bits per heavy atom. The highest BCUT2D eigenvalue weighted by atomic mass is 79.9. The molecule has 0 atom stereocenters. The molecule has 5 heteroatoms. The second kappa shape index (κ2) is 7.59. The molecule has 1 fully saturated rings. The second-order valence-electron chi connectivity index (χ2n) is 5.52. The molecule has 1 amide bonds. The molecule has 114 valence electrons. The highest BCUT2D eigenvalue weighted by molar-refractivity contribution is 9.10. The number of hydrogen-bond donors (Lipinski definition) is 1. The summed E-state index contributed by atoms with van der Waals surface area (Å²) in [6, 6.07) is 5.59. The van der Waals surface area contributed by atoms with Crippen molar-refractivity contribution in [1.29, 1.82) is 0 Å². The van der Waals surface area contributed by atoms with Crippen LogP contribution >= 0.6 is 15.9 Å². The average Bonchev–Trinajstić information content (AvgIpc) is 2.92. The van der Waals surface area contributed by atoms with E-state index in [1.807, 2.05) is 25.1 Å². The zero-order valence-electron chi connectivity index (χ0n) is 12.2. The van der Waals surface area contributed by atoms with Crippen molar-refractivity contribution in [1.82, 2.24) is 0 Å². The van der Waals surface area contributed by atoms with Crippen LogP contribution in [0, 0.1) is 12.8 Å².